The van der Waals surface area contributed by atoms with Gasteiger partial charge in [0.15, 0.2) is 5.78 Å². The molecule has 2 nitrogen and oxygen atoms in total. The van der Waals surface area contributed by atoms with Crippen molar-refractivity contribution in [1.82, 2.24) is 0 Å². The van der Waals surface area contributed by atoms with Gasteiger partial charge < -0.3 is 4.74 Å². The minimum atomic E-state index is -0.0179. The molecule has 4 heteroatoms. The van der Waals surface area contributed by atoms with Gasteiger partial charge in [0.1, 0.15) is 5.75 Å². The Morgan fingerprint density at radius 1 is 1.15 bits per heavy atom. The number of hydrogen-bond donors (Lipinski definition) is 0. The number of carbonyl (C=O) groups excluding carboxylic acids is 1. The van der Waals surface area contributed by atoms with Gasteiger partial charge >= 0.3 is 0 Å². The summed E-state index contributed by atoms with van der Waals surface area (Å²) >= 11 is 12.0. The van der Waals surface area contributed by atoms with Gasteiger partial charge in [0, 0.05) is 12.0 Å². The van der Waals surface area contributed by atoms with E-state index in [2.05, 4.69) is 0 Å². The zero-order chi connectivity index (χ0) is 14.5. The standard InChI is InChI=1S/C16H14Cl2O2/c1-2-20-13-7-3-5-11(9-13)15(19)10-12-6-4-8-14(17)16(12)18/h3-9H,2,10H2,1H3. The Bertz CT molecular complexity index is 624. The molecule has 2 aromatic carbocycles. The van der Waals surface area contributed by atoms with E-state index in [0.717, 1.165) is 5.56 Å². The lowest BCUT2D eigenvalue weighted by atomic mass is 10.0. The lowest BCUT2D eigenvalue weighted by Gasteiger charge is -2.07. The maximum absolute atomic E-state index is 12.3. The third kappa shape index (κ3) is 3.53. The Morgan fingerprint density at radius 3 is 2.65 bits per heavy atom. The monoisotopic (exact) mass is 308 g/mol. The molecular weight excluding hydrogens is 295 g/mol. The first-order valence-corrected chi connectivity index (χ1v) is 7.06. The molecule has 0 aliphatic heterocycles. The van der Waals surface area contributed by atoms with E-state index in [-0.39, 0.29) is 12.2 Å². The molecule has 0 bridgehead atoms. The molecule has 0 N–H and O–H groups in total. The van der Waals surface area contributed by atoms with Crippen molar-refractivity contribution in [2.24, 2.45) is 0 Å². The first-order chi connectivity index (χ1) is 9.61. The number of hydrogen-bond acceptors (Lipinski definition) is 2. The highest BCUT2D eigenvalue weighted by Gasteiger charge is 2.12. The van der Waals surface area contributed by atoms with Gasteiger partial charge in [-0.1, -0.05) is 47.5 Å². The van der Waals surface area contributed by atoms with Gasteiger partial charge in [-0.05, 0) is 30.7 Å². The third-order valence-corrected chi connectivity index (χ3v) is 3.71. The predicted octanol–water partition coefficient (Wildman–Crippen LogP) is 4.82. The van der Waals surface area contributed by atoms with E-state index >= 15 is 0 Å². The van der Waals surface area contributed by atoms with Crippen molar-refractivity contribution in [2.45, 2.75) is 13.3 Å². The summed E-state index contributed by atoms with van der Waals surface area (Å²) in [5.74, 6) is 0.672. The average Bonchev–Trinajstić information content (AvgIpc) is 2.44. The summed E-state index contributed by atoms with van der Waals surface area (Å²) in [6.07, 6.45) is 0.217. The van der Waals surface area contributed by atoms with E-state index in [0.29, 0.717) is 28.0 Å². The number of carbonyl (C=O) groups is 1. The molecule has 0 saturated heterocycles. The Morgan fingerprint density at radius 2 is 1.90 bits per heavy atom. The highest BCUT2D eigenvalue weighted by Crippen LogP contribution is 2.26. The second-order valence-electron chi connectivity index (χ2n) is 4.27. The second kappa shape index (κ2) is 6.78. The van der Waals surface area contributed by atoms with Gasteiger partial charge in [0.2, 0.25) is 0 Å². The quantitative estimate of drug-likeness (QED) is 0.740. The van der Waals surface area contributed by atoms with Crippen LogP contribution in [-0.4, -0.2) is 12.4 Å². The molecule has 0 aromatic heterocycles. The summed E-state index contributed by atoms with van der Waals surface area (Å²) in [5.41, 5.74) is 1.33. The van der Waals surface area contributed by atoms with Crippen molar-refractivity contribution in [3.8, 4) is 5.75 Å². The Kier molecular flexibility index (Phi) is 5.05. The van der Waals surface area contributed by atoms with Crippen LogP contribution in [-0.2, 0) is 6.42 Å². The van der Waals surface area contributed by atoms with Crippen molar-refractivity contribution in [1.29, 1.82) is 0 Å². The van der Waals surface area contributed by atoms with E-state index in [1.54, 1.807) is 36.4 Å². The fraction of sp³-hybridized carbons (Fsp3) is 0.188. The Balaban J connectivity index is 2.19. The van der Waals surface area contributed by atoms with Gasteiger partial charge in [-0.25, -0.2) is 0 Å². The minimum Gasteiger partial charge on any atom is -0.494 e. The number of Topliss-reactive ketones (excluding diaryl/α,β-unsaturated/α-hetero) is 1. The molecule has 0 spiro atoms. The number of ketones is 1. The maximum atomic E-state index is 12.3. The Labute approximate surface area is 128 Å². The van der Waals surface area contributed by atoms with Crippen LogP contribution in [0, 0.1) is 0 Å². The van der Waals surface area contributed by atoms with E-state index in [1.165, 1.54) is 0 Å². The lowest BCUT2D eigenvalue weighted by Crippen LogP contribution is -2.04. The number of ether oxygens (including phenoxy) is 1. The van der Waals surface area contributed by atoms with Crippen LogP contribution >= 0.6 is 23.2 Å². The number of benzene rings is 2. The molecule has 0 fully saturated rings. The van der Waals surface area contributed by atoms with Crippen LogP contribution < -0.4 is 4.74 Å². The van der Waals surface area contributed by atoms with Crippen LogP contribution in [0.4, 0.5) is 0 Å². The van der Waals surface area contributed by atoms with E-state index in [4.69, 9.17) is 27.9 Å². The van der Waals surface area contributed by atoms with Crippen LogP contribution in [0.3, 0.4) is 0 Å². The van der Waals surface area contributed by atoms with Crippen molar-refractivity contribution >= 4 is 29.0 Å². The predicted molar refractivity (Wildman–Crippen MR) is 82.1 cm³/mol. The van der Waals surface area contributed by atoms with Crippen molar-refractivity contribution in [3.05, 3.63) is 63.6 Å². The molecule has 0 atom stereocenters. The average molecular weight is 309 g/mol. The zero-order valence-corrected chi connectivity index (χ0v) is 12.5. The van der Waals surface area contributed by atoms with E-state index in [1.807, 2.05) is 13.0 Å². The largest absolute Gasteiger partial charge is 0.494 e. The molecule has 0 saturated carbocycles. The number of halogens is 2. The Hall–Kier alpha value is -1.51. The van der Waals surface area contributed by atoms with E-state index in [9.17, 15) is 4.79 Å². The fourth-order valence-corrected chi connectivity index (χ4v) is 2.27. The number of rotatable bonds is 5. The SMILES string of the molecule is CCOc1cccc(C(=O)Cc2cccc(Cl)c2Cl)c1. The highest BCUT2D eigenvalue weighted by atomic mass is 35.5. The molecule has 0 heterocycles. The first kappa shape index (κ1) is 14.9. The normalized spacial score (nSPS) is 10.3. The van der Waals surface area contributed by atoms with Crippen molar-refractivity contribution in [2.75, 3.05) is 6.61 Å². The molecule has 0 radical (unpaired) electrons. The second-order valence-corrected chi connectivity index (χ2v) is 5.06. The summed E-state index contributed by atoms with van der Waals surface area (Å²) in [6.45, 7) is 2.47. The molecule has 0 unspecified atom stereocenters. The van der Waals surface area contributed by atoms with Gasteiger partial charge in [0.05, 0.1) is 16.7 Å². The summed E-state index contributed by atoms with van der Waals surface area (Å²) in [4.78, 5) is 12.3. The van der Waals surface area contributed by atoms with Gasteiger partial charge in [-0.2, -0.15) is 0 Å². The van der Waals surface area contributed by atoms with Gasteiger partial charge in [-0.15, -0.1) is 0 Å². The zero-order valence-electron chi connectivity index (χ0n) is 11.0. The summed E-state index contributed by atoms with van der Waals surface area (Å²) in [7, 11) is 0. The molecule has 0 aliphatic carbocycles. The third-order valence-electron chi connectivity index (χ3n) is 2.85. The smallest absolute Gasteiger partial charge is 0.167 e. The summed E-state index contributed by atoms with van der Waals surface area (Å²) in [5, 5.41) is 0.892. The molecule has 0 amide bonds. The summed E-state index contributed by atoms with van der Waals surface area (Å²) < 4.78 is 5.39. The van der Waals surface area contributed by atoms with Gasteiger partial charge in [0.25, 0.3) is 0 Å². The molecule has 104 valence electrons. The van der Waals surface area contributed by atoms with Gasteiger partial charge in [-0.3, -0.25) is 4.79 Å². The topological polar surface area (TPSA) is 26.3 Å². The summed E-state index contributed by atoms with van der Waals surface area (Å²) in [6, 6.07) is 12.4. The molecule has 20 heavy (non-hydrogen) atoms. The van der Waals surface area contributed by atoms with Crippen molar-refractivity contribution in [3.63, 3.8) is 0 Å². The molecule has 2 rings (SSSR count). The maximum Gasteiger partial charge on any atom is 0.167 e. The van der Waals surface area contributed by atoms with Crippen LogP contribution in [0.15, 0.2) is 42.5 Å². The van der Waals surface area contributed by atoms with Crippen LogP contribution in [0.25, 0.3) is 0 Å². The van der Waals surface area contributed by atoms with E-state index < -0.39 is 0 Å². The van der Waals surface area contributed by atoms with Crippen molar-refractivity contribution < 1.29 is 9.53 Å². The molecule has 0 aliphatic rings. The molecular formula is C16H14Cl2O2. The fourth-order valence-electron chi connectivity index (χ4n) is 1.89. The minimum absolute atomic E-state index is 0.0179. The van der Waals surface area contributed by atoms with Crippen LogP contribution in [0.5, 0.6) is 5.75 Å². The van der Waals surface area contributed by atoms with Crippen LogP contribution in [0.2, 0.25) is 10.0 Å². The lowest BCUT2D eigenvalue weighted by molar-refractivity contribution is 0.0992. The highest BCUT2D eigenvalue weighted by molar-refractivity contribution is 6.42. The molecule has 2 aromatic rings. The van der Waals surface area contributed by atoms with Crippen LogP contribution in [0.1, 0.15) is 22.8 Å². The first-order valence-electron chi connectivity index (χ1n) is 6.30.